The van der Waals surface area contributed by atoms with Gasteiger partial charge in [0.25, 0.3) is 0 Å². The van der Waals surface area contributed by atoms with Gasteiger partial charge in [-0.15, -0.1) is 0 Å². The standard InChI is InChI=1S/C10H16N4O2S/c1-10(3-5-17(15,16)7-10)13-8-2-4-12-9(6-8)14-11/h2,4,6H,3,5,7,11H2,1H3,(H2,12,13,14). The van der Waals surface area contributed by atoms with Gasteiger partial charge in [0, 0.05) is 23.5 Å². The van der Waals surface area contributed by atoms with Gasteiger partial charge in [-0.3, -0.25) is 0 Å². The van der Waals surface area contributed by atoms with Crippen molar-refractivity contribution in [1.82, 2.24) is 4.98 Å². The SMILES string of the molecule is CC1(Nc2ccnc(NN)c2)CCS(=O)(=O)C1. The first-order valence-electron chi connectivity index (χ1n) is 5.34. The fraction of sp³-hybridized carbons (Fsp3) is 0.500. The summed E-state index contributed by atoms with van der Waals surface area (Å²) in [5.41, 5.74) is 2.85. The first-order chi connectivity index (χ1) is 7.92. The van der Waals surface area contributed by atoms with Gasteiger partial charge in [0.2, 0.25) is 0 Å². The highest BCUT2D eigenvalue weighted by atomic mass is 32.2. The number of aromatic nitrogens is 1. The van der Waals surface area contributed by atoms with E-state index in [1.165, 1.54) is 0 Å². The van der Waals surface area contributed by atoms with Gasteiger partial charge in [-0.05, 0) is 19.4 Å². The van der Waals surface area contributed by atoms with Gasteiger partial charge in [0.15, 0.2) is 9.84 Å². The van der Waals surface area contributed by atoms with Crippen LogP contribution >= 0.6 is 0 Å². The van der Waals surface area contributed by atoms with Crippen LogP contribution in [-0.4, -0.2) is 30.4 Å². The molecule has 0 radical (unpaired) electrons. The van der Waals surface area contributed by atoms with Crippen LogP contribution in [0.5, 0.6) is 0 Å². The number of anilines is 2. The Bertz CT molecular complexity index is 517. The molecule has 7 heteroatoms. The smallest absolute Gasteiger partial charge is 0.152 e. The van der Waals surface area contributed by atoms with Crippen molar-refractivity contribution >= 4 is 21.3 Å². The third-order valence-electron chi connectivity index (χ3n) is 2.86. The lowest BCUT2D eigenvalue weighted by atomic mass is 10.0. The molecule has 0 saturated carbocycles. The van der Waals surface area contributed by atoms with Crippen molar-refractivity contribution in [1.29, 1.82) is 0 Å². The minimum atomic E-state index is -2.91. The van der Waals surface area contributed by atoms with Crippen LogP contribution in [0.4, 0.5) is 11.5 Å². The van der Waals surface area contributed by atoms with Crippen molar-refractivity contribution in [3.63, 3.8) is 0 Å². The summed E-state index contributed by atoms with van der Waals surface area (Å²) in [7, 11) is -2.91. The summed E-state index contributed by atoms with van der Waals surface area (Å²) in [6.45, 7) is 1.91. The van der Waals surface area contributed by atoms with Gasteiger partial charge in [0.05, 0.1) is 11.5 Å². The fourth-order valence-electron chi connectivity index (χ4n) is 2.04. The Morgan fingerprint density at radius 3 is 2.88 bits per heavy atom. The van der Waals surface area contributed by atoms with Gasteiger partial charge in [-0.25, -0.2) is 19.2 Å². The lowest BCUT2D eigenvalue weighted by Gasteiger charge is -2.25. The van der Waals surface area contributed by atoms with Crippen molar-refractivity contribution in [3.05, 3.63) is 18.3 Å². The van der Waals surface area contributed by atoms with E-state index in [9.17, 15) is 8.42 Å². The van der Waals surface area contributed by atoms with Gasteiger partial charge in [-0.2, -0.15) is 0 Å². The third-order valence-corrected chi connectivity index (χ3v) is 4.76. The van der Waals surface area contributed by atoms with Crippen LogP contribution < -0.4 is 16.6 Å². The number of nitrogen functional groups attached to an aromatic ring is 1. The third kappa shape index (κ3) is 2.86. The second kappa shape index (κ2) is 4.15. The van der Waals surface area contributed by atoms with E-state index in [1.807, 2.05) is 6.92 Å². The normalized spacial score (nSPS) is 26.7. The van der Waals surface area contributed by atoms with E-state index >= 15 is 0 Å². The number of rotatable bonds is 3. The van der Waals surface area contributed by atoms with Crippen molar-refractivity contribution in [3.8, 4) is 0 Å². The van der Waals surface area contributed by atoms with E-state index in [4.69, 9.17) is 5.84 Å². The molecule has 1 saturated heterocycles. The summed E-state index contributed by atoms with van der Waals surface area (Å²) in [4.78, 5) is 3.99. The van der Waals surface area contributed by atoms with Crippen LogP contribution in [0, 0.1) is 0 Å². The maximum Gasteiger partial charge on any atom is 0.152 e. The van der Waals surface area contributed by atoms with E-state index in [2.05, 4.69) is 15.7 Å². The van der Waals surface area contributed by atoms with Crippen LogP contribution in [0.3, 0.4) is 0 Å². The minimum Gasteiger partial charge on any atom is -0.379 e. The first kappa shape index (κ1) is 12.1. The molecule has 1 aromatic rings. The topological polar surface area (TPSA) is 97.1 Å². The second-order valence-corrected chi connectivity index (χ2v) is 6.79. The minimum absolute atomic E-state index is 0.160. The highest BCUT2D eigenvalue weighted by Crippen LogP contribution is 2.27. The zero-order valence-corrected chi connectivity index (χ0v) is 10.4. The van der Waals surface area contributed by atoms with Gasteiger partial charge >= 0.3 is 0 Å². The zero-order valence-electron chi connectivity index (χ0n) is 9.60. The summed E-state index contributed by atoms with van der Waals surface area (Å²) in [5, 5.41) is 3.23. The van der Waals surface area contributed by atoms with Crippen LogP contribution in [0.25, 0.3) is 0 Å². The number of hydrazine groups is 1. The quantitative estimate of drug-likeness (QED) is 0.533. The van der Waals surface area contributed by atoms with E-state index in [1.54, 1.807) is 18.3 Å². The van der Waals surface area contributed by atoms with Crippen LogP contribution in [0.15, 0.2) is 18.3 Å². The van der Waals surface area contributed by atoms with E-state index < -0.39 is 15.4 Å². The molecule has 94 valence electrons. The molecule has 0 bridgehead atoms. The highest BCUT2D eigenvalue weighted by molar-refractivity contribution is 7.91. The molecule has 1 fully saturated rings. The van der Waals surface area contributed by atoms with E-state index in [0.29, 0.717) is 12.2 Å². The Kier molecular flexibility index (Phi) is 2.96. The molecule has 1 aliphatic heterocycles. The molecule has 0 aromatic carbocycles. The molecule has 0 aliphatic carbocycles. The molecule has 1 unspecified atom stereocenters. The van der Waals surface area contributed by atoms with Crippen LogP contribution in [0.1, 0.15) is 13.3 Å². The molecule has 2 heterocycles. The molecule has 1 atom stereocenters. The Hall–Kier alpha value is -1.34. The number of pyridine rings is 1. The summed E-state index contributed by atoms with van der Waals surface area (Å²) >= 11 is 0. The second-order valence-electron chi connectivity index (χ2n) is 4.60. The average molecular weight is 256 g/mol. The van der Waals surface area contributed by atoms with Crippen molar-refractivity contribution in [2.24, 2.45) is 5.84 Å². The number of nitrogens with one attached hydrogen (secondary N) is 2. The highest BCUT2D eigenvalue weighted by Gasteiger charge is 2.38. The van der Waals surface area contributed by atoms with Crippen LogP contribution in [0.2, 0.25) is 0 Å². The molecule has 1 aromatic heterocycles. The Balaban J connectivity index is 2.15. The molecule has 4 N–H and O–H groups in total. The number of nitrogens with two attached hydrogens (primary N) is 1. The zero-order chi connectivity index (χ0) is 12.5. The summed E-state index contributed by atoms with van der Waals surface area (Å²) in [6, 6.07) is 3.53. The molecule has 2 rings (SSSR count). The monoisotopic (exact) mass is 256 g/mol. The molecular formula is C10H16N4O2S. The number of hydrogen-bond acceptors (Lipinski definition) is 6. The Morgan fingerprint density at radius 1 is 1.53 bits per heavy atom. The number of nitrogens with zero attached hydrogens (tertiary/aromatic N) is 1. The summed E-state index contributed by atoms with van der Waals surface area (Å²) < 4.78 is 22.9. The average Bonchev–Trinajstić information content (AvgIpc) is 2.53. The van der Waals surface area contributed by atoms with Crippen molar-refractivity contribution < 1.29 is 8.42 Å². The van der Waals surface area contributed by atoms with Gasteiger partial charge in [-0.1, -0.05) is 0 Å². The summed E-state index contributed by atoms with van der Waals surface area (Å²) in [5.74, 6) is 6.21. The van der Waals surface area contributed by atoms with Gasteiger partial charge in [0.1, 0.15) is 5.82 Å². The lowest BCUT2D eigenvalue weighted by molar-refractivity contribution is 0.574. The predicted octanol–water partition coefficient (Wildman–Crippen LogP) is 0.356. The molecular weight excluding hydrogens is 240 g/mol. The first-order valence-corrected chi connectivity index (χ1v) is 7.16. The van der Waals surface area contributed by atoms with Crippen molar-refractivity contribution in [2.45, 2.75) is 18.9 Å². The molecule has 0 spiro atoms. The number of sulfone groups is 1. The maximum absolute atomic E-state index is 11.5. The molecule has 1 aliphatic rings. The largest absolute Gasteiger partial charge is 0.379 e. The lowest BCUT2D eigenvalue weighted by Crippen LogP contribution is -2.35. The summed E-state index contributed by atoms with van der Waals surface area (Å²) in [6.07, 6.45) is 2.23. The van der Waals surface area contributed by atoms with E-state index in [0.717, 1.165) is 5.69 Å². The molecule has 0 amide bonds. The molecule has 6 nitrogen and oxygen atoms in total. The maximum atomic E-state index is 11.5. The predicted molar refractivity (Wildman–Crippen MR) is 67.3 cm³/mol. The number of hydrogen-bond donors (Lipinski definition) is 3. The fourth-order valence-corrected chi connectivity index (χ4v) is 4.14. The van der Waals surface area contributed by atoms with Crippen LogP contribution in [-0.2, 0) is 9.84 Å². The Morgan fingerprint density at radius 2 is 2.29 bits per heavy atom. The van der Waals surface area contributed by atoms with E-state index in [-0.39, 0.29) is 11.5 Å². The molecule has 17 heavy (non-hydrogen) atoms. The Labute approximate surface area is 101 Å². The van der Waals surface area contributed by atoms with Gasteiger partial charge < -0.3 is 10.7 Å². The van der Waals surface area contributed by atoms with Crippen molar-refractivity contribution in [2.75, 3.05) is 22.2 Å².